The molecule has 5 nitrogen and oxygen atoms in total. The highest BCUT2D eigenvalue weighted by molar-refractivity contribution is 5.82. The molecule has 1 aliphatic rings. The minimum Gasteiger partial charge on any atom is -0.241 e. The SMILES string of the molecule is Cc1ncc2c(n1)CC=C2c1ccc2nccn2n1.[HH]. The topological polar surface area (TPSA) is 56.0 Å². The lowest BCUT2D eigenvalue weighted by atomic mass is 10.1. The molecule has 0 bridgehead atoms. The van der Waals surface area contributed by atoms with Crippen LogP contribution in [-0.4, -0.2) is 24.6 Å². The third-order valence-electron chi connectivity index (χ3n) is 3.31. The Morgan fingerprint density at radius 1 is 1.26 bits per heavy atom. The summed E-state index contributed by atoms with van der Waals surface area (Å²) in [5, 5.41) is 4.57. The van der Waals surface area contributed by atoms with Crippen molar-refractivity contribution in [1.29, 1.82) is 0 Å². The highest BCUT2D eigenvalue weighted by Crippen LogP contribution is 2.29. The standard InChI is InChI=1S/C14H11N5.H2/c1-9-16-8-11-10(2-3-12(11)17-9)13-4-5-14-15-6-7-19(14)18-13;/h2,4-8H,3H2,1H3;1H. The van der Waals surface area contributed by atoms with Crippen LogP contribution in [-0.2, 0) is 6.42 Å². The van der Waals surface area contributed by atoms with Gasteiger partial charge in [0.05, 0.1) is 11.4 Å². The van der Waals surface area contributed by atoms with Crippen LogP contribution in [0.1, 0.15) is 24.2 Å². The molecular weight excluding hydrogens is 238 g/mol. The molecule has 5 heteroatoms. The smallest absolute Gasteiger partial charge is 0.153 e. The fourth-order valence-electron chi connectivity index (χ4n) is 2.41. The van der Waals surface area contributed by atoms with Crippen LogP contribution >= 0.6 is 0 Å². The molecule has 1 aliphatic carbocycles. The van der Waals surface area contributed by atoms with Gasteiger partial charge < -0.3 is 0 Å². The van der Waals surface area contributed by atoms with Crippen LogP contribution in [0.5, 0.6) is 0 Å². The van der Waals surface area contributed by atoms with E-state index in [-0.39, 0.29) is 1.43 Å². The Morgan fingerprint density at radius 2 is 2.21 bits per heavy atom. The third-order valence-corrected chi connectivity index (χ3v) is 3.31. The van der Waals surface area contributed by atoms with E-state index >= 15 is 0 Å². The second-order valence-electron chi connectivity index (χ2n) is 4.55. The van der Waals surface area contributed by atoms with Crippen molar-refractivity contribution in [3.8, 4) is 0 Å². The number of nitrogens with zero attached hydrogens (tertiary/aromatic N) is 5. The zero-order valence-corrected chi connectivity index (χ0v) is 10.4. The first-order chi connectivity index (χ1) is 9.31. The average molecular weight is 251 g/mol. The molecule has 0 saturated heterocycles. The number of rotatable bonds is 1. The lowest BCUT2D eigenvalue weighted by molar-refractivity contribution is 0.921. The minimum absolute atomic E-state index is 0. The van der Waals surface area contributed by atoms with E-state index in [4.69, 9.17) is 0 Å². The predicted octanol–water partition coefficient (Wildman–Crippen LogP) is 2.06. The van der Waals surface area contributed by atoms with E-state index in [0.717, 1.165) is 40.4 Å². The lowest BCUT2D eigenvalue weighted by Crippen LogP contribution is -1.99. The van der Waals surface area contributed by atoms with E-state index in [0.29, 0.717) is 0 Å². The van der Waals surface area contributed by atoms with Crippen LogP contribution in [0.4, 0.5) is 0 Å². The van der Waals surface area contributed by atoms with Gasteiger partial charge in [0.1, 0.15) is 5.82 Å². The maximum absolute atomic E-state index is 4.57. The van der Waals surface area contributed by atoms with Crippen LogP contribution in [0, 0.1) is 6.92 Å². The summed E-state index contributed by atoms with van der Waals surface area (Å²) < 4.78 is 1.78. The van der Waals surface area contributed by atoms with E-state index < -0.39 is 0 Å². The van der Waals surface area contributed by atoms with Crippen molar-refractivity contribution >= 4 is 11.2 Å². The zero-order chi connectivity index (χ0) is 12.8. The maximum Gasteiger partial charge on any atom is 0.153 e. The quantitative estimate of drug-likeness (QED) is 0.664. The van der Waals surface area contributed by atoms with E-state index in [1.54, 1.807) is 10.7 Å². The third kappa shape index (κ3) is 1.55. The van der Waals surface area contributed by atoms with Crippen molar-refractivity contribution in [2.75, 3.05) is 0 Å². The Bertz CT molecular complexity index is 821. The Morgan fingerprint density at radius 3 is 3.16 bits per heavy atom. The zero-order valence-electron chi connectivity index (χ0n) is 10.4. The summed E-state index contributed by atoms with van der Waals surface area (Å²) in [5.74, 6) is 0.812. The molecule has 0 aliphatic heterocycles. The van der Waals surface area contributed by atoms with Gasteiger partial charge in [-0.2, -0.15) is 5.10 Å². The van der Waals surface area contributed by atoms with Crippen molar-refractivity contribution in [1.82, 2.24) is 24.6 Å². The summed E-state index contributed by atoms with van der Waals surface area (Å²) in [6, 6.07) is 3.96. The molecule has 0 radical (unpaired) electrons. The Kier molecular flexibility index (Phi) is 2.03. The Labute approximate surface area is 111 Å². The fourth-order valence-corrected chi connectivity index (χ4v) is 2.41. The van der Waals surface area contributed by atoms with Gasteiger partial charge >= 0.3 is 0 Å². The average Bonchev–Trinajstić information content (AvgIpc) is 3.02. The van der Waals surface area contributed by atoms with E-state index in [9.17, 15) is 0 Å². The molecule has 19 heavy (non-hydrogen) atoms. The van der Waals surface area contributed by atoms with Gasteiger partial charge in [0.15, 0.2) is 5.65 Å². The molecule has 0 aromatic carbocycles. The highest BCUT2D eigenvalue weighted by Gasteiger charge is 2.18. The first-order valence-electron chi connectivity index (χ1n) is 6.15. The molecule has 0 amide bonds. The van der Waals surface area contributed by atoms with Gasteiger partial charge in [-0.1, -0.05) is 6.08 Å². The first-order valence-corrected chi connectivity index (χ1v) is 6.15. The van der Waals surface area contributed by atoms with Crippen molar-refractivity contribution < 1.29 is 1.43 Å². The van der Waals surface area contributed by atoms with Crippen LogP contribution in [0.3, 0.4) is 0 Å². The normalized spacial score (nSPS) is 13.6. The first kappa shape index (κ1) is 10.4. The lowest BCUT2D eigenvalue weighted by Gasteiger charge is -2.05. The molecule has 0 fully saturated rings. The molecule has 4 rings (SSSR count). The number of hydrogen-bond acceptors (Lipinski definition) is 4. The van der Waals surface area contributed by atoms with Crippen LogP contribution in [0.15, 0.2) is 36.8 Å². The summed E-state index contributed by atoms with van der Waals surface area (Å²) in [7, 11) is 0. The van der Waals surface area contributed by atoms with Crippen molar-refractivity contribution in [2.45, 2.75) is 13.3 Å². The van der Waals surface area contributed by atoms with Crippen LogP contribution < -0.4 is 0 Å². The summed E-state index contributed by atoms with van der Waals surface area (Å²) in [6.45, 7) is 1.91. The van der Waals surface area contributed by atoms with E-state index in [2.05, 4.69) is 26.1 Å². The molecule has 0 N–H and O–H groups in total. The van der Waals surface area contributed by atoms with Crippen molar-refractivity contribution in [3.63, 3.8) is 0 Å². The molecule has 94 valence electrons. The van der Waals surface area contributed by atoms with Crippen molar-refractivity contribution in [2.24, 2.45) is 0 Å². The summed E-state index contributed by atoms with van der Waals surface area (Å²) in [5.41, 5.74) is 5.04. The van der Waals surface area contributed by atoms with Gasteiger partial charge in [0.25, 0.3) is 0 Å². The van der Waals surface area contributed by atoms with Gasteiger partial charge in [-0.05, 0) is 19.1 Å². The second-order valence-corrected chi connectivity index (χ2v) is 4.55. The van der Waals surface area contributed by atoms with Gasteiger partial charge in [0, 0.05) is 37.6 Å². The highest BCUT2D eigenvalue weighted by atomic mass is 15.2. The number of hydrogen-bond donors (Lipinski definition) is 0. The van der Waals surface area contributed by atoms with Crippen molar-refractivity contribution in [3.05, 3.63) is 59.6 Å². The number of aromatic nitrogens is 5. The number of imidazole rings is 1. The molecule has 0 spiro atoms. The number of fused-ring (bicyclic) bond motifs is 2. The minimum atomic E-state index is 0. The molecule has 3 aromatic rings. The summed E-state index contributed by atoms with van der Waals surface area (Å²) in [6.07, 6.45) is 8.48. The monoisotopic (exact) mass is 251 g/mol. The number of allylic oxidation sites excluding steroid dienone is 1. The fraction of sp³-hybridized carbons (Fsp3) is 0.143. The van der Waals surface area contributed by atoms with Gasteiger partial charge in [-0.25, -0.2) is 19.5 Å². The largest absolute Gasteiger partial charge is 0.241 e. The molecule has 3 aromatic heterocycles. The van der Waals surface area contributed by atoms with Gasteiger partial charge in [-0.15, -0.1) is 0 Å². The predicted molar refractivity (Wildman–Crippen MR) is 72.7 cm³/mol. The van der Waals surface area contributed by atoms with Crippen LogP contribution in [0.2, 0.25) is 0 Å². The second kappa shape index (κ2) is 3.71. The van der Waals surface area contributed by atoms with E-state index in [1.807, 2.05) is 31.5 Å². The maximum atomic E-state index is 4.57. The molecule has 0 atom stereocenters. The molecule has 3 heterocycles. The van der Waals surface area contributed by atoms with Crippen LogP contribution in [0.25, 0.3) is 11.2 Å². The summed E-state index contributed by atoms with van der Waals surface area (Å²) in [4.78, 5) is 13.0. The Balaban J connectivity index is 0.00000121. The van der Waals surface area contributed by atoms with Gasteiger partial charge in [0.2, 0.25) is 0 Å². The van der Waals surface area contributed by atoms with Gasteiger partial charge in [-0.3, -0.25) is 0 Å². The molecule has 0 unspecified atom stereocenters. The Hall–Kier alpha value is -2.56. The van der Waals surface area contributed by atoms with E-state index in [1.165, 1.54) is 0 Å². The molecule has 0 saturated carbocycles. The molecular formula is C14H13N5. The number of aryl methyl sites for hydroxylation is 1. The summed E-state index contributed by atoms with van der Waals surface area (Å²) >= 11 is 0.